The van der Waals surface area contributed by atoms with Crippen molar-refractivity contribution in [1.82, 2.24) is 9.78 Å². The molecule has 4 nitrogen and oxygen atoms in total. The van der Waals surface area contributed by atoms with Crippen molar-refractivity contribution in [3.63, 3.8) is 0 Å². The summed E-state index contributed by atoms with van der Waals surface area (Å²) in [6.07, 6.45) is 6.85. The van der Waals surface area contributed by atoms with Gasteiger partial charge in [-0.05, 0) is 31.2 Å². The maximum Gasteiger partial charge on any atom is 0.185 e. The Morgan fingerprint density at radius 1 is 1.47 bits per heavy atom. The molecule has 0 saturated carbocycles. The van der Waals surface area contributed by atoms with E-state index in [1.165, 1.54) is 0 Å². The average molecular weight is 256 g/mol. The lowest BCUT2D eigenvalue weighted by Crippen LogP contribution is -1.96. The predicted octanol–water partition coefficient (Wildman–Crippen LogP) is 2.71. The standard InChI is InChI=1S/C15H16N2O2/c1-3-19-14-6-4-5-13(9-14)15(18)8-7-12-10-16-17(2)11-12/h4-11H,3H2,1-2H3/b8-7-. The number of carbonyl (C=O) groups excluding carboxylic acids is 1. The van der Waals surface area contributed by atoms with Gasteiger partial charge in [0.15, 0.2) is 5.78 Å². The minimum atomic E-state index is -0.0505. The number of hydrogen-bond acceptors (Lipinski definition) is 3. The Hall–Kier alpha value is -2.36. The van der Waals surface area contributed by atoms with Crippen LogP contribution in [-0.2, 0) is 7.05 Å². The van der Waals surface area contributed by atoms with Gasteiger partial charge in [-0.25, -0.2) is 0 Å². The third-order valence-electron chi connectivity index (χ3n) is 2.58. The molecule has 0 bridgehead atoms. The van der Waals surface area contributed by atoms with Gasteiger partial charge in [0.2, 0.25) is 0 Å². The molecule has 19 heavy (non-hydrogen) atoms. The van der Waals surface area contributed by atoms with E-state index in [0.29, 0.717) is 17.9 Å². The zero-order valence-electron chi connectivity index (χ0n) is 11.0. The number of aromatic nitrogens is 2. The highest BCUT2D eigenvalue weighted by Gasteiger charge is 2.03. The number of aryl methyl sites for hydroxylation is 1. The zero-order valence-corrected chi connectivity index (χ0v) is 11.0. The summed E-state index contributed by atoms with van der Waals surface area (Å²) in [5.74, 6) is 0.661. The first kappa shape index (κ1) is 13.1. The number of rotatable bonds is 5. The number of benzene rings is 1. The van der Waals surface area contributed by atoms with Crippen molar-refractivity contribution >= 4 is 11.9 Å². The molecule has 4 heteroatoms. The first-order chi connectivity index (χ1) is 9.19. The van der Waals surface area contributed by atoms with E-state index < -0.39 is 0 Å². The Morgan fingerprint density at radius 3 is 3.00 bits per heavy atom. The van der Waals surface area contributed by atoms with Crippen LogP contribution in [0.15, 0.2) is 42.7 Å². The Morgan fingerprint density at radius 2 is 2.32 bits per heavy atom. The second-order valence-electron chi connectivity index (χ2n) is 4.11. The third-order valence-corrected chi connectivity index (χ3v) is 2.58. The summed E-state index contributed by atoms with van der Waals surface area (Å²) in [6, 6.07) is 7.18. The molecule has 1 aromatic carbocycles. The lowest BCUT2D eigenvalue weighted by molar-refractivity contribution is 0.104. The maximum absolute atomic E-state index is 12.0. The fourth-order valence-electron chi connectivity index (χ4n) is 1.70. The van der Waals surface area contributed by atoms with Crippen LogP contribution in [0, 0.1) is 0 Å². The van der Waals surface area contributed by atoms with E-state index in [1.54, 1.807) is 35.2 Å². The SMILES string of the molecule is CCOc1cccc(C(=O)/C=C\c2cnn(C)c2)c1. The molecule has 0 radical (unpaired) electrons. The highest BCUT2D eigenvalue weighted by Crippen LogP contribution is 2.14. The van der Waals surface area contributed by atoms with Crippen molar-refractivity contribution in [2.45, 2.75) is 6.92 Å². The monoisotopic (exact) mass is 256 g/mol. The van der Waals surface area contributed by atoms with Crippen LogP contribution in [0.2, 0.25) is 0 Å². The van der Waals surface area contributed by atoms with Crippen molar-refractivity contribution in [2.24, 2.45) is 7.05 Å². The van der Waals surface area contributed by atoms with Gasteiger partial charge in [0.05, 0.1) is 12.8 Å². The van der Waals surface area contributed by atoms with Crippen molar-refractivity contribution in [1.29, 1.82) is 0 Å². The molecule has 0 aliphatic carbocycles. The number of allylic oxidation sites excluding steroid dienone is 1. The van der Waals surface area contributed by atoms with Crippen LogP contribution in [-0.4, -0.2) is 22.2 Å². The van der Waals surface area contributed by atoms with Gasteiger partial charge in [0.1, 0.15) is 5.75 Å². The van der Waals surface area contributed by atoms with Crippen LogP contribution < -0.4 is 4.74 Å². The molecule has 0 spiro atoms. The topological polar surface area (TPSA) is 44.1 Å². The van der Waals surface area contributed by atoms with Crippen LogP contribution >= 0.6 is 0 Å². The lowest BCUT2D eigenvalue weighted by Gasteiger charge is -2.03. The second-order valence-corrected chi connectivity index (χ2v) is 4.11. The quantitative estimate of drug-likeness (QED) is 0.610. The van der Waals surface area contributed by atoms with Gasteiger partial charge in [0.25, 0.3) is 0 Å². The molecular weight excluding hydrogens is 240 g/mol. The summed E-state index contributed by atoms with van der Waals surface area (Å²) in [6.45, 7) is 2.50. The number of ether oxygens (including phenoxy) is 1. The molecule has 1 aromatic heterocycles. The molecule has 0 N–H and O–H groups in total. The summed E-state index contributed by atoms with van der Waals surface area (Å²) in [7, 11) is 1.84. The summed E-state index contributed by atoms with van der Waals surface area (Å²) in [4.78, 5) is 12.0. The van der Waals surface area contributed by atoms with Crippen LogP contribution in [0.5, 0.6) is 5.75 Å². The molecule has 0 amide bonds. The number of ketones is 1. The third kappa shape index (κ3) is 3.55. The molecule has 98 valence electrons. The Labute approximate surface area is 112 Å². The Balaban J connectivity index is 2.11. The van der Waals surface area contributed by atoms with Crippen LogP contribution in [0.3, 0.4) is 0 Å². The lowest BCUT2D eigenvalue weighted by atomic mass is 10.1. The van der Waals surface area contributed by atoms with Crippen LogP contribution in [0.25, 0.3) is 6.08 Å². The van der Waals surface area contributed by atoms with Crippen LogP contribution in [0.4, 0.5) is 0 Å². The summed E-state index contributed by atoms with van der Waals surface area (Å²) in [5, 5.41) is 4.04. The molecule has 0 unspecified atom stereocenters. The first-order valence-electron chi connectivity index (χ1n) is 6.13. The molecule has 0 aliphatic rings. The smallest absolute Gasteiger partial charge is 0.185 e. The van der Waals surface area contributed by atoms with Gasteiger partial charge in [0, 0.05) is 24.4 Å². The number of hydrogen-bond donors (Lipinski definition) is 0. The molecule has 0 aliphatic heterocycles. The van der Waals surface area contributed by atoms with E-state index in [1.807, 2.05) is 32.3 Å². The van der Waals surface area contributed by atoms with Crippen molar-refractivity contribution in [3.05, 3.63) is 53.9 Å². The predicted molar refractivity (Wildman–Crippen MR) is 74.2 cm³/mol. The normalized spacial score (nSPS) is 10.8. The Kier molecular flexibility index (Phi) is 4.13. The molecule has 1 heterocycles. The van der Waals surface area contributed by atoms with E-state index in [-0.39, 0.29) is 5.78 Å². The summed E-state index contributed by atoms with van der Waals surface area (Å²) >= 11 is 0. The van der Waals surface area contributed by atoms with Gasteiger partial charge in [-0.15, -0.1) is 0 Å². The fraction of sp³-hybridized carbons (Fsp3) is 0.200. The van der Waals surface area contributed by atoms with Gasteiger partial charge in [-0.3, -0.25) is 9.48 Å². The minimum Gasteiger partial charge on any atom is -0.494 e. The van der Waals surface area contributed by atoms with E-state index in [2.05, 4.69) is 5.10 Å². The summed E-state index contributed by atoms with van der Waals surface area (Å²) < 4.78 is 7.07. The maximum atomic E-state index is 12.0. The highest BCUT2D eigenvalue weighted by molar-refractivity contribution is 6.07. The van der Waals surface area contributed by atoms with Crippen LogP contribution in [0.1, 0.15) is 22.8 Å². The zero-order chi connectivity index (χ0) is 13.7. The summed E-state index contributed by atoms with van der Waals surface area (Å²) in [5.41, 5.74) is 1.52. The molecular formula is C15H16N2O2. The fourth-order valence-corrected chi connectivity index (χ4v) is 1.70. The molecule has 0 fully saturated rings. The van der Waals surface area contributed by atoms with Gasteiger partial charge < -0.3 is 4.74 Å². The number of carbonyl (C=O) groups is 1. The van der Waals surface area contributed by atoms with Crippen molar-refractivity contribution in [3.8, 4) is 5.75 Å². The molecule has 2 aromatic rings. The average Bonchev–Trinajstić information content (AvgIpc) is 2.82. The van der Waals surface area contributed by atoms with E-state index in [0.717, 1.165) is 5.56 Å². The van der Waals surface area contributed by atoms with E-state index in [4.69, 9.17) is 4.74 Å². The van der Waals surface area contributed by atoms with Crippen molar-refractivity contribution in [2.75, 3.05) is 6.61 Å². The highest BCUT2D eigenvalue weighted by atomic mass is 16.5. The van der Waals surface area contributed by atoms with Gasteiger partial charge in [-0.1, -0.05) is 12.1 Å². The Bertz CT molecular complexity index is 600. The van der Waals surface area contributed by atoms with E-state index >= 15 is 0 Å². The molecule has 0 saturated heterocycles. The second kappa shape index (κ2) is 6.00. The van der Waals surface area contributed by atoms with Gasteiger partial charge >= 0.3 is 0 Å². The van der Waals surface area contributed by atoms with Crippen molar-refractivity contribution < 1.29 is 9.53 Å². The minimum absolute atomic E-state index is 0.0505. The van der Waals surface area contributed by atoms with E-state index in [9.17, 15) is 4.79 Å². The molecule has 0 atom stereocenters. The largest absolute Gasteiger partial charge is 0.494 e. The number of nitrogens with zero attached hydrogens (tertiary/aromatic N) is 2. The first-order valence-corrected chi connectivity index (χ1v) is 6.13. The van der Waals surface area contributed by atoms with Gasteiger partial charge in [-0.2, -0.15) is 5.10 Å². The molecule has 2 rings (SSSR count).